The van der Waals surface area contributed by atoms with Gasteiger partial charge in [0.25, 0.3) is 0 Å². The van der Waals surface area contributed by atoms with E-state index in [0.29, 0.717) is 28.8 Å². The van der Waals surface area contributed by atoms with Crippen molar-refractivity contribution in [3.05, 3.63) is 58.2 Å². The van der Waals surface area contributed by atoms with Crippen LogP contribution in [0.4, 0.5) is 5.00 Å². The summed E-state index contributed by atoms with van der Waals surface area (Å²) in [5.41, 5.74) is 2.34. The first kappa shape index (κ1) is 20.4. The lowest BCUT2D eigenvalue weighted by atomic mass is 9.85. The molecule has 0 saturated carbocycles. The Bertz CT molecular complexity index is 1070. The van der Waals surface area contributed by atoms with Crippen LogP contribution in [0.3, 0.4) is 0 Å². The maximum absolute atomic E-state index is 12.6. The molecule has 30 heavy (non-hydrogen) atoms. The summed E-state index contributed by atoms with van der Waals surface area (Å²) in [6.45, 7) is 4.29. The highest BCUT2D eigenvalue weighted by Gasteiger charge is 2.29. The minimum atomic E-state index is -0.360. The molecule has 1 aromatic carbocycles. The average molecular weight is 424 g/mol. The average Bonchev–Trinajstić information content (AvgIpc) is 3.32. The summed E-state index contributed by atoms with van der Waals surface area (Å²) in [6, 6.07) is 9.58. The first-order valence-corrected chi connectivity index (χ1v) is 11.2. The van der Waals surface area contributed by atoms with Gasteiger partial charge in [-0.25, -0.2) is 4.79 Å². The molecule has 5 nitrogen and oxygen atoms in total. The van der Waals surface area contributed by atoms with E-state index in [9.17, 15) is 9.59 Å². The maximum atomic E-state index is 12.6. The van der Waals surface area contributed by atoms with Crippen LogP contribution < -0.4 is 5.32 Å². The van der Waals surface area contributed by atoms with E-state index < -0.39 is 0 Å². The minimum absolute atomic E-state index is 0.299. The second-order valence-corrected chi connectivity index (χ2v) is 8.56. The van der Waals surface area contributed by atoms with E-state index in [1.54, 1.807) is 13.0 Å². The second kappa shape index (κ2) is 8.88. The fourth-order valence-corrected chi connectivity index (χ4v) is 5.26. The number of carbonyl (C=O) groups is 2. The van der Waals surface area contributed by atoms with Gasteiger partial charge in [0, 0.05) is 16.3 Å². The monoisotopic (exact) mass is 423 g/mol. The summed E-state index contributed by atoms with van der Waals surface area (Å²) >= 11 is 1.50. The number of hydrogen-bond acceptors (Lipinski definition) is 5. The molecule has 2 aromatic heterocycles. The van der Waals surface area contributed by atoms with E-state index in [-0.39, 0.29) is 11.9 Å². The molecule has 1 atom stereocenters. The Kier molecular flexibility index (Phi) is 6.04. The Labute approximate surface area is 179 Å². The van der Waals surface area contributed by atoms with Gasteiger partial charge in [-0.05, 0) is 55.9 Å². The van der Waals surface area contributed by atoms with Gasteiger partial charge in [0.1, 0.15) is 16.3 Å². The van der Waals surface area contributed by atoms with Crippen molar-refractivity contribution < 1.29 is 18.7 Å². The summed E-state index contributed by atoms with van der Waals surface area (Å²) in [6.07, 6.45) is 7.05. The summed E-state index contributed by atoms with van der Waals surface area (Å²) in [7, 11) is 0. The minimum Gasteiger partial charge on any atom is -0.462 e. The summed E-state index contributed by atoms with van der Waals surface area (Å²) < 4.78 is 11.0. The molecule has 0 saturated heterocycles. The Hall–Kier alpha value is -2.86. The summed E-state index contributed by atoms with van der Waals surface area (Å²) in [5.74, 6) is 0.573. The molecule has 1 N–H and O–H groups in total. The number of amides is 1. The number of carbonyl (C=O) groups excluding carboxylic acids is 2. The molecule has 0 radical (unpaired) electrons. The Morgan fingerprint density at radius 3 is 2.90 bits per heavy atom. The first-order valence-electron chi connectivity index (χ1n) is 10.4. The van der Waals surface area contributed by atoms with Crippen LogP contribution in [0, 0.1) is 5.92 Å². The molecule has 4 rings (SSSR count). The van der Waals surface area contributed by atoms with Crippen LogP contribution in [0.2, 0.25) is 0 Å². The molecule has 0 spiro atoms. The predicted molar refractivity (Wildman–Crippen MR) is 120 cm³/mol. The molecule has 1 aliphatic carbocycles. The predicted octanol–water partition coefficient (Wildman–Crippen LogP) is 5.84. The van der Waals surface area contributed by atoms with Gasteiger partial charge in [-0.3, -0.25) is 4.79 Å². The van der Waals surface area contributed by atoms with E-state index in [0.717, 1.165) is 42.2 Å². The summed E-state index contributed by atoms with van der Waals surface area (Å²) in [4.78, 5) is 26.4. The van der Waals surface area contributed by atoms with Crippen molar-refractivity contribution in [1.82, 2.24) is 0 Å². The lowest BCUT2D eigenvalue weighted by Crippen LogP contribution is -2.16. The first-order chi connectivity index (χ1) is 14.6. The highest BCUT2D eigenvalue weighted by atomic mass is 32.1. The normalized spacial score (nSPS) is 16.0. The van der Waals surface area contributed by atoms with Gasteiger partial charge in [0.05, 0.1) is 12.2 Å². The van der Waals surface area contributed by atoms with Crippen LogP contribution >= 0.6 is 11.3 Å². The largest absolute Gasteiger partial charge is 0.462 e. The van der Waals surface area contributed by atoms with Gasteiger partial charge in [-0.1, -0.05) is 31.5 Å². The number of thiophene rings is 1. The zero-order chi connectivity index (χ0) is 21.1. The van der Waals surface area contributed by atoms with Crippen molar-refractivity contribution in [3.8, 4) is 0 Å². The number of furan rings is 1. The van der Waals surface area contributed by atoms with Crippen LogP contribution in [0.5, 0.6) is 0 Å². The third-order valence-corrected chi connectivity index (χ3v) is 6.67. The number of ether oxygens (including phenoxy) is 1. The number of nitrogens with one attached hydrogen (secondary N) is 1. The van der Waals surface area contributed by atoms with Gasteiger partial charge < -0.3 is 14.5 Å². The number of anilines is 1. The third-order valence-electron chi connectivity index (χ3n) is 5.50. The highest BCUT2D eigenvalue weighted by molar-refractivity contribution is 7.17. The quantitative estimate of drug-likeness (QED) is 0.400. The molecule has 2 heterocycles. The number of benzene rings is 1. The molecule has 3 aromatic rings. The third kappa shape index (κ3) is 4.19. The van der Waals surface area contributed by atoms with E-state index in [2.05, 4.69) is 12.2 Å². The molecule has 156 valence electrons. The molecule has 0 bridgehead atoms. The topological polar surface area (TPSA) is 68.5 Å². The van der Waals surface area contributed by atoms with E-state index in [1.165, 1.54) is 22.3 Å². The Balaban J connectivity index is 1.56. The fraction of sp³-hybridized carbons (Fsp3) is 0.333. The van der Waals surface area contributed by atoms with E-state index >= 15 is 0 Å². The molecule has 6 heteroatoms. The van der Waals surface area contributed by atoms with Crippen molar-refractivity contribution in [2.75, 3.05) is 11.9 Å². The van der Waals surface area contributed by atoms with Crippen molar-refractivity contribution in [2.24, 2.45) is 5.92 Å². The molecule has 0 aliphatic heterocycles. The molecule has 0 fully saturated rings. The van der Waals surface area contributed by atoms with Crippen LogP contribution in [0.25, 0.3) is 17.0 Å². The zero-order valence-corrected chi connectivity index (χ0v) is 18.0. The number of hydrogen-bond donors (Lipinski definition) is 1. The molecule has 1 amide bonds. The van der Waals surface area contributed by atoms with Gasteiger partial charge in [-0.2, -0.15) is 0 Å². The zero-order valence-electron chi connectivity index (χ0n) is 17.2. The van der Waals surface area contributed by atoms with Gasteiger partial charge in [0.15, 0.2) is 0 Å². The lowest BCUT2D eigenvalue weighted by Gasteiger charge is -2.20. The molecular formula is C24H25NO4S. The molecule has 1 unspecified atom stereocenters. The maximum Gasteiger partial charge on any atom is 0.341 e. The molecular weight excluding hydrogens is 398 g/mol. The van der Waals surface area contributed by atoms with E-state index in [1.807, 2.05) is 30.3 Å². The molecule has 1 aliphatic rings. The van der Waals surface area contributed by atoms with Gasteiger partial charge in [-0.15, -0.1) is 11.3 Å². The highest BCUT2D eigenvalue weighted by Crippen LogP contribution is 2.40. The van der Waals surface area contributed by atoms with Crippen LogP contribution in [0.1, 0.15) is 53.2 Å². The van der Waals surface area contributed by atoms with Crippen molar-refractivity contribution >= 4 is 45.3 Å². The van der Waals surface area contributed by atoms with E-state index in [4.69, 9.17) is 9.15 Å². The fourth-order valence-electron chi connectivity index (χ4n) is 3.91. The SMILES string of the molecule is CCOC(=O)c1c(NC(=O)C=Cc2cc3ccccc3o2)sc2c1CCC(CC)C2. The van der Waals surface area contributed by atoms with Crippen LogP contribution in [0.15, 0.2) is 40.8 Å². The van der Waals surface area contributed by atoms with Crippen molar-refractivity contribution in [3.63, 3.8) is 0 Å². The Morgan fingerprint density at radius 1 is 1.30 bits per heavy atom. The smallest absolute Gasteiger partial charge is 0.341 e. The standard InChI is InChI=1S/C24H25NO4S/c1-3-15-9-11-18-20(13-15)30-23(22(18)24(27)28-4-2)25-21(26)12-10-17-14-16-7-5-6-8-19(16)29-17/h5-8,10,12,14-15H,3-4,9,11,13H2,1-2H3,(H,25,26). The van der Waals surface area contributed by atoms with Gasteiger partial charge >= 0.3 is 5.97 Å². The Morgan fingerprint density at radius 2 is 2.13 bits per heavy atom. The van der Waals surface area contributed by atoms with Crippen molar-refractivity contribution in [1.29, 1.82) is 0 Å². The van der Waals surface area contributed by atoms with Crippen LogP contribution in [-0.4, -0.2) is 18.5 Å². The number of para-hydroxylation sites is 1. The number of esters is 1. The van der Waals surface area contributed by atoms with Gasteiger partial charge in [0.2, 0.25) is 5.91 Å². The second-order valence-electron chi connectivity index (χ2n) is 7.45. The number of fused-ring (bicyclic) bond motifs is 2. The number of rotatable bonds is 6. The summed E-state index contributed by atoms with van der Waals surface area (Å²) in [5, 5.41) is 4.46. The van der Waals surface area contributed by atoms with Crippen molar-refractivity contribution in [2.45, 2.75) is 39.5 Å². The van der Waals surface area contributed by atoms with Crippen LogP contribution in [-0.2, 0) is 22.4 Å². The lowest BCUT2D eigenvalue weighted by molar-refractivity contribution is -0.111.